The number of ether oxygens (including phenoxy) is 1. The maximum atomic E-state index is 13.2. The van der Waals surface area contributed by atoms with E-state index in [2.05, 4.69) is 4.98 Å². The first-order valence-corrected chi connectivity index (χ1v) is 11.0. The zero-order valence-corrected chi connectivity index (χ0v) is 18.5. The van der Waals surface area contributed by atoms with Gasteiger partial charge >= 0.3 is 0 Å². The predicted molar refractivity (Wildman–Crippen MR) is 123 cm³/mol. The normalized spacial score (nSPS) is 21.2. The van der Waals surface area contributed by atoms with E-state index in [-0.39, 0.29) is 24.0 Å². The van der Waals surface area contributed by atoms with Gasteiger partial charge in [-0.2, -0.15) is 0 Å². The Morgan fingerprint density at radius 1 is 1.12 bits per heavy atom. The molecule has 0 saturated carbocycles. The van der Waals surface area contributed by atoms with Crippen molar-refractivity contribution in [3.63, 3.8) is 0 Å². The van der Waals surface area contributed by atoms with E-state index in [9.17, 15) is 14.7 Å². The Bertz CT molecular complexity index is 1280. The fourth-order valence-electron chi connectivity index (χ4n) is 4.65. The van der Waals surface area contributed by atoms with E-state index in [4.69, 9.17) is 4.74 Å². The Morgan fingerprint density at radius 3 is 2.67 bits per heavy atom. The molecule has 2 unspecified atom stereocenters. The molecule has 5 rings (SSSR count). The molecule has 1 N–H and O–H groups in total. The van der Waals surface area contributed by atoms with Crippen LogP contribution in [0.2, 0.25) is 0 Å². The summed E-state index contributed by atoms with van der Waals surface area (Å²) in [6, 6.07) is 17.7. The number of likely N-dealkylation sites (tertiary alicyclic amines) is 1. The molecule has 0 bridgehead atoms. The first-order valence-electron chi connectivity index (χ1n) is 11.0. The van der Waals surface area contributed by atoms with Crippen LogP contribution in [0.1, 0.15) is 40.9 Å². The number of aliphatic hydroxyl groups is 1. The van der Waals surface area contributed by atoms with Gasteiger partial charge in [0.25, 0.3) is 11.7 Å². The lowest BCUT2D eigenvalue weighted by atomic mass is 9.92. The minimum atomic E-state index is -0.711. The van der Waals surface area contributed by atoms with Crippen molar-refractivity contribution in [1.29, 1.82) is 0 Å². The van der Waals surface area contributed by atoms with Gasteiger partial charge in [0.05, 0.1) is 23.9 Å². The summed E-state index contributed by atoms with van der Waals surface area (Å²) < 4.78 is 5.76. The van der Waals surface area contributed by atoms with Crippen LogP contribution in [-0.4, -0.2) is 32.8 Å². The SMILES string of the molecule is Cc1ccccc1C1/C(=C(\O)c2ccc3c(c2)CC(C)O3)C(=O)C(=O)N1Cc1ccccn1. The van der Waals surface area contributed by atoms with Crippen molar-refractivity contribution in [1.82, 2.24) is 9.88 Å². The topological polar surface area (TPSA) is 79.7 Å². The second-order valence-corrected chi connectivity index (χ2v) is 8.56. The van der Waals surface area contributed by atoms with Crippen LogP contribution in [0.4, 0.5) is 0 Å². The third-order valence-corrected chi connectivity index (χ3v) is 6.25. The van der Waals surface area contributed by atoms with Crippen LogP contribution in [-0.2, 0) is 22.6 Å². The molecule has 1 amide bonds. The molecule has 2 aromatic carbocycles. The van der Waals surface area contributed by atoms with E-state index in [1.165, 1.54) is 4.90 Å². The summed E-state index contributed by atoms with van der Waals surface area (Å²) in [7, 11) is 0. The lowest BCUT2D eigenvalue weighted by Gasteiger charge is -2.26. The number of fused-ring (bicyclic) bond motifs is 1. The first kappa shape index (κ1) is 20.9. The maximum Gasteiger partial charge on any atom is 0.296 e. The van der Waals surface area contributed by atoms with Gasteiger partial charge < -0.3 is 14.7 Å². The van der Waals surface area contributed by atoms with Crippen molar-refractivity contribution in [2.45, 2.75) is 39.0 Å². The van der Waals surface area contributed by atoms with Crippen LogP contribution in [0.25, 0.3) is 5.76 Å². The Morgan fingerprint density at radius 2 is 1.91 bits per heavy atom. The monoisotopic (exact) mass is 440 g/mol. The van der Waals surface area contributed by atoms with Gasteiger partial charge in [-0.05, 0) is 60.9 Å². The van der Waals surface area contributed by atoms with Crippen molar-refractivity contribution < 1.29 is 19.4 Å². The second-order valence-electron chi connectivity index (χ2n) is 8.56. The van der Waals surface area contributed by atoms with Crippen molar-refractivity contribution in [3.8, 4) is 5.75 Å². The smallest absolute Gasteiger partial charge is 0.296 e. The Hall–Kier alpha value is -3.93. The molecule has 0 radical (unpaired) electrons. The number of ketones is 1. The first-order chi connectivity index (χ1) is 15.9. The number of carbonyl (C=O) groups is 2. The highest BCUT2D eigenvalue weighted by Crippen LogP contribution is 2.42. The zero-order chi connectivity index (χ0) is 23.1. The largest absolute Gasteiger partial charge is 0.507 e. The van der Waals surface area contributed by atoms with Crippen molar-refractivity contribution in [3.05, 3.63) is 100 Å². The Labute approximate surface area is 192 Å². The van der Waals surface area contributed by atoms with Crippen molar-refractivity contribution in [2.24, 2.45) is 0 Å². The van der Waals surface area contributed by atoms with Crippen LogP contribution in [0.3, 0.4) is 0 Å². The summed E-state index contributed by atoms with van der Waals surface area (Å²) in [5.41, 5.74) is 3.96. The highest BCUT2D eigenvalue weighted by molar-refractivity contribution is 6.46. The molecule has 0 spiro atoms. The predicted octanol–water partition coefficient (Wildman–Crippen LogP) is 4.34. The second kappa shape index (κ2) is 8.20. The van der Waals surface area contributed by atoms with Crippen LogP contribution in [0.15, 0.2) is 72.4 Å². The molecule has 1 saturated heterocycles. The number of aryl methyl sites for hydroxylation is 1. The van der Waals surface area contributed by atoms with Crippen molar-refractivity contribution in [2.75, 3.05) is 0 Å². The summed E-state index contributed by atoms with van der Waals surface area (Å²) >= 11 is 0. The number of carbonyl (C=O) groups excluding carboxylic acids is 2. The molecular formula is C27H24N2O4. The van der Waals surface area contributed by atoms with Gasteiger partial charge in [0.15, 0.2) is 0 Å². The van der Waals surface area contributed by atoms with E-state index in [1.807, 2.05) is 56.3 Å². The number of rotatable bonds is 4. The zero-order valence-electron chi connectivity index (χ0n) is 18.5. The Kier molecular flexibility index (Phi) is 5.21. The maximum absolute atomic E-state index is 13.2. The summed E-state index contributed by atoms with van der Waals surface area (Å²) in [4.78, 5) is 32.2. The molecule has 6 heteroatoms. The third kappa shape index (κ3) is 3.67. The quantitative estimate of drug-likeness (QED) is 0.371. The van der Waals surface area contributed by atoms with Gasteiger partial charge in [-0.3, -0.25) is 14.6 Å². The molecular weight excluding hydrogens is 416 g/mol. The standard InChI is InChI=1S/C27H24N2O4/c1-16-7-3-4-9-21(16)24-23(25(30)18-10-11-22-19(14-18)13-17(2)33-22)26(31)27(32)29(24)15-20-8-5-6-12-28-20/h3-12,14,17,24,30H,13,15H2,1-2H3/b25-23+. The molecule has 1 fully saturated rings. The van der Waals surface area contributed by atoms with Crippen LogP contribution < -0.4 is 4.74 Å². The number of nitrogens with zero attached hydrogens (tertiary/aromatic N) is 2. The van der Waals surface area contributed by atoms with Gasteiger partial charge in [-0.25, -0.2) is 0 Å². The van der Waals surface area contributed by atoms with Crippen LogP contribution >= 0.6 is 0 Å². The Balaban J connectivity index is 1.65. The number of hydrogen-bond acceptors (Lipinski definition) is 5. The fraction of sp³-hybridized carbons (Fsp3) is 0.222. The van der Waals surface area contributed by atoms with E-state index in [0.717, 1.165) is 28.9 Å². The third-order valence-electron chi connectivity index (χ3n) is 6.25. The molecule has 166 valence electrons. The minimum absolute atomic E-state index is 0.0633. The summed E-state index contributed by atoms with van der Waals surface area (Å²) in [5, 5.41) is 11.3. The molecule has 2 aliphatic heterocycles. The number of benzene rings is 2. The number of hydrogen-bond donors (Lipinski definition) is 1. The fourth-order valence-corrected chi connectivity index (χ4v) is 4.65. The molecule has 6 nitrogen and oxygen atoms in total. The highest BCUT2D eigenvalue weighted by atomic mass is 16.5. The highest BCUT2D eigenvalue weighted by Gasteiger charge is 2.46. The number of amides is 1. The molecule has 0 aliphatic carbocycles. The van der Waals surface area contributed by atoms with E-state index < -0.39 is 17.7 Å². The lowest BCUT2D eigenvalue weighted by Crippen LogP contribution is -2.29. The molecule has 3 heterocycles. The molecule has 1 aromatic heterocycles. The van der Waals surface area contributed by atoms with Gasteiger partial charge in [-0.15, -0.1) is 0 Å². The van der Waals surface area contributed by atoms with E-state index in [1.54, 1.807) is 24.4 Å². The average Bonchev–Trinajstić information content (AvgIpc) is 3.31. The summed E-state index contributed by atoms with van der Waals surface area (Å²) in [6.07, 6.45) is 2.45. The number of aliphatic hydroxyl groups excluding tert-OH is 1. The number of Topliss-reactive ketones (excluding diaryl/α,β-unsaturated/α-hetero) is 1. The van der Waals surface area contributed by atoms with Crippen molar-refractivity contribution >= 4 is 17.4 Å². The van der Waals surface area contributed by atoms with Gasteiger partial charge in [0.2, 0.25) is 0 Å². The molecule has 3 aromatic rings. The molecule has 2 aliphatic rings. The van der Waals surface area contributed by atoms with E-state index >= 15 is 0 Å². The summed E-state index contributed by atoms with van der Waals surface area (Å²) in [6.45, 7) is 4.09. The molecule has 33 heavy (non-hydrogen) atoms. The van der Waals surface area contributed by atoms with Crippen LogP contribution in [0, 0.1) is 6.92 Å². The minimum Gasteiger partial charge on any atom is -0.507 e. The van der Waals surface area contributed by atoms with Gasteiger partial charge in [0.1, 0.15) is 17.6 Å². The lowest BCUT2D eigenvalue weighted by molar-refractivity contribution is -0.140. The van der Waals surface area contributed by atoms with Gasteiger partial charge in [0, 0.05) is 18.2 Å². The van der Waals surface area contributed by atoms with Crippen LogP contribution in [0.5, 0.6) is 5.75 Å². The summed E-state index contributed by atoms with van der Waals surface area (Å²) in [5.74, 6) is -0.729. The number of aromatic nitrogens is 1. The van der Waals surface area contributed by atoms with Gasteiger partial charge in [-0.1, -0.05) is 30.3 Å². The molecule has 2 atom stereocenters. The number of pyridine rings is 1. The average molecular weight is 440 g/mol. The van der Waals surface area contributed by atoms with E-state index in [0.29, 0.717) is 11.3 Å².